The van der Waals surface area contributed by atoms with Crippen molar-refractivity contribution in [3.8, 4) is 0 Å². The number of carbonyl (C=O) groups excluding carboxylic acids is 1. The number of carbonyl (C=O) groups is 1. The lowest BCUT2D eigenvalue weighted by molar-refractivity contribution is -0.125. The summed E-state index contributed by atoms with van der Waals surface area (Å²) in [4.78, 5) is 11.9. The molecule has 0 aromatic rings. The molecule has 0 spiro atoms. The van der Waals surface area contributed by atoms with Gasteiger partial charge in [-0.1, -0.05) is 19.8 Å². The number of Topliss-reactive ketones (excluding diaryl/α,β-unsaturated/α-hetero) is 1. The van der Waals surface area contributed by atoms with E-state index in [9.17, 15) is 4.79 Å². The maximum atomic E-state index is 11.9. The van der Waals surface area contributed by atoms with Crippen molar-refractivity contribution in [1.82, 2.24) is 5.32 Å². The second-order valence-corrected chi connectivity index (χ2v) is 5.15. The van der Waals surface area contributed by atoms with Gasteiger partial charge in [-0.25, -0.2) is 0 Å². The number of hydrogen-bond acceptors (Lipinski definition) is 2. The predicted octanol–water partition coefficient (Wildman–Crippen LogP) is 1.99. The van der Waals surface area contributed by atoms with E-state index in [0.29, 0.717) is 17.6 Å². The van der Waals surface area contributed by atoms with Gasteiger partial charge in [0.2, 0.25) is 0 Å². The summed E-state index contributed by atoms with van der Waals surface area (Å²) in [5, 5.41) is 3.22. The maximum Gasteiger partial charge on any atom is 0.136 e. The molecule has 1 saturated carbocycles. The molecular weight excluding hydrogens is 174 g/mol. The lowest BCUT2D eigenvalue weighted by atomic mass is 9.78. The molecule has 1 N–H and O–H groups in total. The number of hydrogen-bond donors (Lipinski definition) is 1. The largest absolute Gasteiger partial charge is 0.316 e. The minimum Gasteiger partial charge on any atom is -0.316 e. The molecule has 0 radical (unpaired) electrons. The van der Waals surface area contributed by atoms with Gasteiger partial charge in [0.25, 0.3) is 0 Å². The van der Waals surface area contributed by atoms with Crippen LogP contribution in [0.25, 0.3) is 0 Å². The van der Waals surface area contributed by atoms with E-state index in [1.54, 1.807) is 0 Å². The molecule has 0 aromatic heterocycles. The van der Waals surface area contributed by atoms with Crippen LogP contribution in [0.15, 0.2) is 0 Å². The van der Waals surface area contributed by atoms with Crippen LogP contribution < -0.4 is 5.32 Å². The molecule has 2 heteroatoms. The molecule has 1 aliphatic heterocycles. The zero-order valence-corrected chi connectivity index (χ0v) is 9.09. The summed E-state index contributed by atoms with van der Waals surface area (Å²) in [6, 6.07) is 0. The van der Waals surface area contributed by atoms with Crippen LogP contribution in [-0.4, -0.2) is 18.9 Å². The van der Waals surface area contributed by atoms with Gasteiger partial charge in [0.15, 0.2) is 0 Å². The van der Waals surface area contributed by atoms with Gasteiger partial charge in [0.1, 0.15) is 5.78 Å². The Hall–Kier alpha value is -0.370. The van der Waals surface area contributed by atoms with Crippen molar-refractivity contribution in [2.45, 2.75) is 39.0 Å². The van der Waals surface area contributed by atoms with Gasteiger partial charge in [0.05, 0.1) is 0 Å². The van der Waals surface area contributed by atoms with Crippen LogP contribution in [0.5, 0.6) is 0 Å². The third-order valence-electron chi connectivity index (χ3n) is 3.83. The Morgan fingerprint density at radius 1 is 1.21 bits per heavy atom. The average Bonchev–Trinajstić information content (AvgIpc) is 2.12. The molecule has 0 amide bonds. The van der Waals surface area contributed by atoms with E-state index >= 15 is 0 Å². The molecule has 14 heavy (non-hydrogen) atoms. The lowest BCUT2D eigenvalue weighted by Gasteiger charge is -2.30. The SMILES string of the molecule is CC1CCC(C(=O)CC2CNC2)CC1. The van der Waals surface area contributed by atoms with Crippen molar-refractivity contribution in [3.63, 3.8) is 0 Å². The van der Waals surface area contributed by atoms with Crippen molar-refractivity contribution < 1.29 is 4.79 Å². The Morgan fingerprint density at radius 3 is 2.36 bits per heavy atom. The maximum absolute atomic E-state index is 11.9. The van der Waals surface area contributed by atoms with Crippen LogP contribution in [0.3, 0.4) is 0 Å². The molecule has 0 unspecified atom stereocenters. The number of rotatable bonds is 3. The van der Waals surface area contributed by atoms with Gasteiger partial charge in [0, 0.05) is 12.3 Å². The average molecular weight is 195 g/mol. The second-order valence-electron chi connectivity index (χ2n) is 5.15. The first-order valence-corrected chi connectivity index (χ1v) is 5.99. The Labute approximate surface area is 86.5 Å². The molecule has 0 atom stereocenters. The van der Waals surface area contributed by atoms with Crippen molar-refractivity contribution in [2.75, 3.05) is 13.1 Å². The van der Waals surface area contributed by atoms with Gasteiger partial charge >= 0.3 is 0 Å². The van der Waals surface area contributed by atoms with Gasteiger partial charge in [-0.2, -0.15) is 0 Å². The lowest BCUT2D eigenvalue weighted by Crippen LogP contribution is -2.43. The molecule has 2 nitrogen and oxygen atoms in total. The first-order chi connectivity index (χ1) is 6.75. The Bertz CT molecular complexity index is 202. The standard InChI is InChI=1S/C12H21NO/c1-9-2-4-11(5-3-9)12(14)6-10-7-13-8-10/h9-11,13H,2-8H2,1H3. The topological polar surface area (TPSA) is 29.1 Å². The quantitative estimate of drug-likeness (QED) is 0.746. The molecule has 80 valence electrons. The third kappa shape index (κ3) is 2.35. The van der Waals surface area contributed by atoms with Crippen molar-refractivity contribution >= 4 is 5.78 Å². The Morgan fingerprint density at radius 2 is 1.86 bits per heavy atom. The summed E-state index contributed by atoms with van der Waals surface area (Å²) in [5.41, 5.74) is 0. The Kier molecular flexibility index (Phi) is 3.22. The first-order valence-electron chi connectivity index (χ1n) is 5.99. The molecule has 1 heterocycles. The molecule has 0 bridgehead atoms. The molecule has 2 aliphatic rings. The summed E-state index contributed by atoms with van der Waals surface area (Å²) in [6.07, 6.45) is 5.67. The smallest absolute Gasteiger partial charge is 0.136 e. The Balaban J connectivity index is 1.74. The van der Waals surface area contributed by atoms with Crippen molar-refractivity contribution in [1.29, 1.82) is 0 Å². The fourth-order valence-corrected chi connectivity index (χ4v) is 2.53. The second kappa shape index (κ2) is 4.43. The molecule has 2 rings (SSSR count). The van der Waals surface area contributed by atoms with E-state index in [1.165, 1.54) is 12.8 Å². The monoisotopic (exact) mass is 195 g/mol. The van der Waals surface area contributed by atoms with Crippen LogP contribution in [0, 0.1) is 17.8 Å². The summed E-state index contributed by atoms with van der Waals surface area (Å²) in [5.74, 6) is 2.46. The number of ketones is 1. The zero-order valence-electron chi connectivity index (χ0n) is 9.09. The van der Waals surface area contributed by atoms with E-state index in [2.05, 4.69) is 12.2 Å². The fraction of sp³-hybridized carbons (Fsp3) is 0.917. The van der Waals surface area contributed by atoms with Gasteiger partial charge in [-0.3, -0.25) is 4.79 Å². The van der Waals surface area contributed by atoms with E-state index in [4.69, 9.17) is 0 Å². The third-order valence-corrected chi connectivity index (χ3v) is 3.83. The molecule has 1 aliphatic carbocycles. The first kappa shape index (κ1) is 10.2. The highest BCUT2D eigenvalue weighted by Crippen LogP contribution is 2.30. The highest BCUT2D eigenvalue weighted by molar-refractivity contribution is 5.81. The van der Waals surface area contributed by atoms with Crippen LogP contribution in [-0.2, 0) is 4.79 Å². The van der Waals surface area contributed by atoms with Gasteiger partial charge in [-0.15, -0.1) is 0 Å². The zero-order chi connectivity index (χ0) is 9.97. The van der Waals surface area contributed by atoms with Gasteiger partial charge in [-0.05, 0) is 37.8 Å². The van der Waals surface area contributed by atoms with Crippen LogP contribution in [0.4, 0.5) is 0 Å². The molecule has 2 fully saturated rings. The summed E-state index contributed by atoms with van der Waals surface area (Å²) < 4.78 is 0. The fourth-order valence-electron chi connectivity index (χ4n) is 2.53. The molecule has 1 saturated heterocycles. The van der Waals surface area contributed by atoms with Crippen LogP contribution in [0.2, 0.25) is 0 Å². The van der Waals surface area contributed by atoms with E-state index in [-0.39, 0.29) is 0 Å². The minimum atomic E-state index is 0.409. The summed E-state index contributed by atoms with van der Waals surface area (Å²) in [6.45, 7) is 4.43. The summed E-state index contributed by atoms with van der Waals surface area (Å²) in [7, 11) is 0. The van der Waals surface area contributed by atoms with E-state index < -0.39 is 0 Å². The van der Waals surface area contributed by atoms with E-state index in [1.807, 2.05) is 0 Å². The van der Waals surface area contributed by atoms with E-state index in [0.717, 1.165) is 38.3 Å². The highest BCUT2D eigenvalue weighted by atomic mass is 16.1. The number of nitrogens with one attached hydrogen (secondary N) is 1. The normalized spacial score (nSPS) is 33.8. The minimum absolute atomic E-state index is 0.409. The predicted molar refractivity (Wildman–Crippen MR) is 57.1 cm³/mol. The van der Waals surface area contributed by atoms with Gasteiger partial charge < -0.3 is 5.32 Å². The van der Waals surface area contributed by atoms with Crippen LogP contribution in [0.1, 0.15) is 39.0 Å². The summed E-state index contributed by atoms with van der Waals surface area (Å²) >= 11 is 0. The van der Waals surface area contributed by atoms with Crippen LogP contribution >= 0.6 is 0 Å². The van der Waals surface area contributed by atoms with Crippen molar-refractivity contribution in [3.05, 3.63) is 0 Å². The molecule has 0 aromatic carbocycles. The molecular formula is C12H21NO. The van der Waals surface area contributed by atoms with Crippen molar-refractivity contribution in [2.24, 2.45) is 17.8 Å². The highest BCUT2D eigenvalue weighted by Gasteiger charge is 2.27.